The predicted molar refractivity (Wildman–Crippen MR) is 80.0 cm³/mol. The lowest BCUT2D eigenvalue weighted by Crippen LogP contribution is -2.20. The number of rotatable bonds is 5. The van der Waals surface area contributed by atoms with Gasteiger partial charge in [0.15, 0.2) is 0 Å². The number of benzene rings is 1. The van der Waals surface area contributed by atoms with Gasteiger partial charge in [-0.2, -0.15) is 0 Å². The molecule has 2 rings (SSSR count). The van der Waals surface area contributed by atoms with Gasteiger partial charge >= 0.3 is 0 Å². The SMILES string of the molecule is CCCNC(CC)c1cc2cc(Br)cc(C)c2o1. The smallest absolute Gasteiger partial charge is 0.137 e. The van der Waals surface area contributed by atoms with Crippen LogP contribution in [-0.2, 0) is 0 Å². The van der Waals surface area contributed by atoms with Crippen LogP contribution in [0.25, 0.3) is 11.0 Å². The topological polar surface area (TPSA) is 25.2 Å². The number of hydrogen-bond donors (Lipinski definition) is 1. The maximum atomic E-state index is 6.02. The molecule has 2 nitrogen and oxygen atoms in total. The van der Waals surface area contributed by atoms with Crippen LogP contribution in [-0.4, -0.2) is 6.54 Å². The first-order valence-corrected chi connectivity index (χ1v) is 7.38. The summed E-state index contributed by atoms with van der Waals surface area (Å²) < 4.78 is 7.13. The lowest BCUT2D eigenvalue weighted by molar-refractivity contribution is 0.420. The van der Waals surface area contributed by atoms with Crippen molar-refractivity contribution in [1.29, 1.82) is 0 Å². The number of furan rings is 1. The molecule has 0 radical (unpaired) electrons. The number of fused-ring (bicyclic) bond motifs is 1. The molecule has 1 N–H and O–H groups in total. The van der Waals surface area contributed by atoms with Crippen molar-refractivity contribution in [3.8, 4) is 0 Å². The van der Waals surface area contributed by atoms with Crippen molar-refractivity contribution in [2.75, 3.05) is 6.54 Å². The molecule has 0 aliphatic carbocycles. The maximum absolute atomic E-state index is 6.02. The summed E-state index contributed by atoms with van der Waals surface area (Å²) in [5.41, 5.74) is 2.18. The van der Waals surface area contributed by atoms with Crippen molar-refractivity contribution in [3.05, 3.63) is 34.0 Å². The van der Waals surface area contributed by atoms with Gasteiger partial charge in [-0.3, -0.25) is 0 Å². The van der Waals surface area contributed by atoms with Crippen LogP contribution in [0.2, 0.25) is 0 Å². The average Bonchev–Trinajstić information content (AvgIpc) is 2.74. The van der Waals surface area contributed by atoms with Crippen LogP contribution in [0.15, 0.2) is 27.1 Å². The van der Waals surface area contributed by atoms with Crippen molar-refractivity contribution in [2.45, 2.75) is 39.7 Å². The number of hydrogen-bond acceptors (Lipinski definition) is 2. The van der Waals surface area contributed by atoms with Crippen molar-refractivity contribution in [3.63, 3.8) is 0 Å². The van der Waals surface area contributed by atoms with Gasteiger partial charge in [-0.1, -0.05) is 29.8 Å². The molecule has 0 amide bonds. The first-order valence-electron chi connectivity index (χ1n) is 6.58. The number of halogens is 1. The standard InChI is InChI=1S/C15H20BrNO/c1-4-6-17-13(5-2)14-9-11-8-12(16)7-10(3)15(11)18-14/h7-9,13,17H,4-6H2,1-3H3. The van der Waals surface area contributed by atoms with Crippen molar-refractivity contribution < 1.29 is 4.42 Å². The Kier molecular flexibility index (Phi) is 4.46. The third-order valence-electron chi connectivity index (χ3n) is 3.18. The van der Waals surface area contributed by atoms with Gasteiger partial charge in [0.2, 0.25) is 0 Å². The summed E-state index contributed by atoms with van der Waals surface area (Å²) in [6.45, 7) is 7.47. The summed E-state index contributed by atoms with van der Waals surface area (Å²) in [7, 11) is 0. The molecule has 0 saturated carbocycles. The Morgan fingerprint density at radius 2 is 2.06 bits per heavy atom. The van der Waals surface area contributed by atoms with E-state index in [2.05, 4.69) is 60.2 Å². The molecule has 1 unspecified atom stereocenters. The molecular formula is C15H20BrNO. The molecule has 0 aliphatic rings. The highest BCUT2D eigenvalue weighted by atomic mass is 79.9. The summed E-state index contributed by atoms with van der Waals surface area (Å²) in [6.07, 6.45) is 2.18. The van der Waals surface area contributed by atoms with E-state index in [1.165, 1.54) is 10.9 Å². The summed E-state index contributed by atoms with van der Waals surface area (Å²) in [4.78, 5) is 0. The molecule has 98 valence electrons. The summed E-state index contributed by atoms with van der Waals surface area (Å²) in [5, 5.41) is 4.70. The summed E-state index contributed by atoms with van der Waals surface area (Å²) in [6, 6.07) is 6.68. The van der Waals surface area contributed by atoms with Crippen LogP contribution in [0.3, 0.4) is 0 Å². The Balaban J connectivity index is 2.36. The fraction of sp³-hybridized carbons (Fsp3) is 0.467. The van der Waals surface area contributed by atoms with Gasteiger partial charge in [-0.05, 0) is 50.1 Å². The van der Waals surface area contributed by atoms with E-state index in [0.717, 1.165) is 35.2 Å². The van der Waals surface area contributed by atoms with Crippen LogP contribution in [0.1, 0.15) is 44.1 Å². The minimum absolute atomic E-state index is 0.315. The highest BCUT2D eigenvalue weighted by Crippen LogP contribution is 2.30. The molecule has 3 heteroatoms. The van der Waals surface area contributed by atoms with Crippen LogP contribution in [0, 0.1) is 6.92 Å². The van der Waals surface area contributed by atoms with Gasteiger partial charge in [0.05, 0.1) is 6.04 Å². The molecule has 0 bridgehead atoms. The molecule has 18 heavy (non-hydrogen) atoms. The summed E-state index contributed by atoms with van der Waals surface area (Å²) in [5.74, 6) is 1.04. The highest BCUT2D eigenvalue weighted by Gasteiger charge is 2.15. The van der Waals surface area contributed by atoms with Gasteiger partial charge in [-0.15, -0.1) is 0 Å². The van der Waals surface area contributed by atoms with Crippen molar-refractivity contribution >= 4 is 26.9 Å². The number of nitrogens with one attached hydrogen (secondary N) is 1. The van der Waals surface area contributed by atoms with E-state index in [1.54, 1.807) is 0 Å². The van der Waals surface area contributed by atoms with E-state index in [4.69, 9.17) is 4.42 Å². The zero-order chi connectivity index (χ0) is 13.1. The molecule has 0 fully saturated rings. The van der Waals surface area contributed by atoms with E-state index in [1.807, 2.05) is 0 Å². The largest absolute Gasteiger partial charge is 0.459 e. The van der Waals surface area contributed by atoms with Crippen molar-refractivity contribution in [1.82, 2.24) is 5.32 Å². The first-order chi connectivity index (χ1) is 8.65. The Bertz CT molecular complexity index is 533. The van der Waals surface area contributed by atoms with Gasteiger partial charge < -0.3 is 9.73 Å². The molecule has 0 saturated heterocycles. The normalized spacial score (nSPS) is 13.1. The van der Waals surface area contributed by atoms with E-state index in [9.17, 15) is 0 Å². The van der Waals surface area contributed by atoms with Crippen LogP contribution in [0.5, 0.6) is 0 Å². The molecule has 0 aliphatic heterocycles. The quantitative estimate of drug-likeness (QED) is 0.845. The molecular weight excluding hydrogens is 290 g/mol. The first kappa shape index (κ1) is 13.6. The van der Waals surface area contributed by atoms with E-state index < -0.39 is 0 Å². The fourth-order valence-electron chi connectivity index (χ4n) is 2.24. The zero-order valence-electron chi connectivity index (χ0n) is 11.2. The lowest BCUT2D eigenvalue weighted by atomic mass is 10.1. The van der Waals surface area contributed by atoms with Crippen molar-refractivity contribution in [2.24, 2.45) is 0 Å². The second-order valence-electron chi connectivity index (χ2n) is 4.70. The third-order valence-corrected chi connectivity index (χ3v) is 3.64. The van der Waals surface area contributed by atoms with Crippen LogP contribution >= 0.6 is 15.9 Å². The lowest BCUT2D eigenvalue weighted by Gasteiger charge is -2.13. The van der Waals surface area contributed by atoms with E-state index in [-0.39, 0.29) is 0 Å². The Hall–Kier alpha value is -0.800. The Morgan fingerprint density at radius 3 is 2.72 bits per heavy atom. The maximum Gasteiger partial charge on any atom is 0.137 e. The third kappa shape index (κ3) is 2.78. The monoisotopic (exact) mass is 309 g/mol. The predicted octanol–water partition coefficient (Wildman–Crippen LogP) is 4.95. The molecule has 1 heterocycles. The zero-order valence-corrected chi connectivity index (χ0v) is 12.8. The minimum atomic E-state index is 0.315. The molecule has 0 spiro atoms. The van der Waals surface area contributed by atoms with Gasteiger partial charge in [0.1, 0.15) is 11.3 Å². The summed E-state index contributed by atoms with van der Waals surface area (Å²) >= 11 is 3.53. The minimum Gasteiger partial charge on any atom is -0.459 e. The second kappa shape index (κ2) is 5.89. The molecule has 2 aromatic rings. The molecule has 1 aromatic heterocycles. The second-order valence-corrected chi connectivity index (χ2v) is 5.62. The van der Waals surface area contributed by atoms with Gasteiger partial charge in [-0.25, -0.2) is 0 Å². The van der Waals surface area contributed by atoms with Gasteiger partial charge in [0.25, 0.3) is 0 Å². The fourth-order valence-corrected chi connectivity index (χ4v) is 2.83. The van der Waals surface area contributed by atoms with Crippen LogP contribution in [0.4, 0.5) is 0 Å². The molecule has 1 atom stereocenters. The molecule has 1 aromatic carbocycles. The Morgan fingerprint density at radius 1 is 1.28 bits per heavy atom. The Labute approximate surface area is 117 Å². The van der Waals surface area contributed by atoms with E-state index in [0.29, 0.717) is 6.04 Å². The number of aryl methyl sites for hydroxylation is 1. The van der Waals surface area contributed by atoms with Crippen LogP contribution < -0.4 is 5.32 Å². The highest BCUT2D eigenvalue weighted by molar-refractivity contribution is 9.10. The van der Waals surface area contributed by atoms with Gasteiger partial charge in [0, 0.05) is 9.86 Å². The van der Waals surface area contributed by atoms with E-state index >= 15 is 0 Å². The average molecular weight is 310 g/mol.